The molecule has 0 aromatic heterocycles. The molecule has 14 heavy (non-hydrogen) atoms. The Morgan fingerprint density at radius 1 is 1.29 bits per heavy atom. The normalized spacial score (nSPS) is 10.3. The van der Waals surface area contributed by atoms with Gasteiger partial charge in [0, 0.05) is 16.9 Å². The number of thioether (sulfide) groups is 1. The van der Waals surface area contributed by atoms with Crippen molar-refractivity contribution in [2.24, 2.45) is 0 Å². The van der Waals surface area contributed by atoms with Crippen molar-refractivity contribution >= 4 is 17.5 Å². The molecule has 76 valence electrons. The third-order valence-corrected chi connectivity index (χ3v) is 3.36. The summed E-state index contributed by atoms with van der Waals surface area (Å²) < 4.78 is 0. The lowest BCUT2D eigenvalue weighted by Crippen LogP contribution is -1.99. The first-order chi connectivity index (χ1) is 6.60. The molecule has 0 heterocycles. The second-order valence-electron chi connectivity index (χ2n) is 3.42. The van der Waals surface area contributed by atoms with E-state index in [0.29, 0.717) is 6.42 Å². The number of hydrogen-bond acceptors (Lipinski definition) is 2. The SMILES string of the molecule is CCC(=O)c1cc(C)c(SC)c(C)c1. The van der Waals surface area contributed by atoms with E-state index in [1.54, 1.807) is 11.8 Å². The third-order valence-electron chi connectivity index (χ3n) is 2.31. The van der Waals surface area contributed by atoms with Crippen LogP contribution in [0.3, 0.4) is 0 Å². The van der Waals surface area contributed by atoms with Gasteiger partial charge in [0.15, 0.2) is 5.78 Å². The molecular weight excluding hydrogens is 192 g/mol. The fraction of sp³-hybridized carbons (Fsp3) is 0.417. The molecule has 0 N–H and O–H groups in total. The third kappa shape index (κ3) is 2.18. The van der Waals surface area contributed by atoms with Crippen molar-refractivity contribution < 1.29 is 4.79 Å². The molecule has 1 aromatic rings. The van der Waals surface area contributed by atoms with Crippen LogP contribution in [0.5, 0.6) is 0 Å². The molecule has 1 aromatic carbocycles. The van der Waals surface area contributed by atoms with Crippen molar-refractivity contribution in [2.75, 3.05) is 6.26 Å². The van der Waals surface area contributed by atoms with Crippen LogP contribution in [0.4, 0.5) is 0 Å². The molecule has 2 heteroatoms. The van der Waals surface area contributed by atoms with E-state index >= 15 is 0 Å². The number of benzene rings is 1. The van der Waals surface area contributed by atoms with Crippen molar-refractivity contribution in [3.05, 3.63) is 28.8 Å². The van der Waals surface area contributed by atoms with Crippen LogP contribution in [0, 0.1) is 13.8 Å². The zero-order valence-electron chi connectivity index (χ0n) is 9.18. The van der Waals surface area contributed by atoms with E-state index in [1.165, 1.54) is 16.0 Å². The Morgan fingerprint density at radius 3 is 2.14 bits per heavy atom. The average molecular weight is 208 g/mol. The van der Waals surface area contributed by atoms with Crippen LogP contribution in [0.2, 0.25) is 0 Å². The van der Waals surface area contributed by atoms with Gasteiger partial charge in [-0.25, -0.2) is 0 Å². The molecule has 0 bridgehead atoms. The predicted octanol–water partition coefficient (Wildman–Crippen LogP) is 3.62. The van der Waals surface area contributed by atoms with E-state index in [2.05, 4.69) is 20.1 Å². The number of ketones is 1. The minimum absolute atomic E-state index is 0.226. The fourth-order valence-electron chi connectivity index (χ4n) is 1.64. The number of Topliss-reactive ketones (excluding diaryl/α,β-unsaturated/α-hetero) is 1. The molecule has 0 radical (unpaired) electrons. The van der Waals surface area contributed by atoms with Crippen LogP contribution in [0.1, 0.15) is 34.8 Å². The van der Waals surface area contributed by atoms with Crippen LogP contribution < -0.4 is 0 Å². The molecule has 0 atom stereocenters. The Balaban J connectivity index is 3.20. The van der Waals surface area contributed by atoms with Gasteiger partial charge in [0.1, 0.15) is 0 Å². The van der Waals surface area contributed by atoms with Gasteiger partial charge in [-0.3, -0.25) is 4.79 Å². The molecular formula is C12H16OS. The number of rotatable bonds is 3. The molecule has 0 aliphatic heterocycles. The molecule has 0 aliphatic carbocycles. The van der Waals surface area contributed by atoms with Gasteiger partial charge >= 0.3 is 0 Å². The van der Waals surface area contributed by atoms with Gasteiger partial charge in [-0.2, -0.15) is 0 Å². The van der Waals surface area contributed by atoms with Crippen molar-refractivity contribution in [1.29, 1.82) is 0 Å². The molecule has 0 amide bonds. The maximum atomic E-state index is 11.5. The standard InChI is InChI=1S/C12H16OS/c1-5-11(13)10-6-8(2)12(14-4)9(3)7-10/h6-7H,5H2,1-4H3. The highest BCUT2D eigenvalue weighted by Gasteiger charge is 2.08. The lowest BCUT2D eigenvalue weighted by Gasteiger charge is -2.09. The summed E-state index contributed by atoms with van der Waals surface area (Å²) in [7, 11) is 0. The van der Waals surface area contributed by atoms with E-state index in [4.69, 9.17) is 0 Å². The smallest absolute Gasteiger partial charge is 0.162 e. The molecule has 0 unspecified atom stereocenters. The van der Waals surface area contributed by atoms with Crippen LogP contribution in [0.25, 0.3) is 0 Å². The monoisotopic (exact) mass is 208 g/mol. The Kier molecular flexibility index (Phi) is 3.76. The molecule has 0 saturated heterocycles. The summed E-state index contributed by atoms with van der Waals surface area (Å²) in [4.78, 5) is 12.8. The first kappa shape index (κ1) is 11.3. The molecule has 1 nitrogen and oxygen atoms in total. The lowest BCUT2D eigenvalue weighted by atomic mass is 10.0. The van der Waals surface area contributed by atoms with E-state index in [-0.39, 0.29) is 5.78 Å². The van der Waals surface area contributed by atoms with Crippen LogP contribution in [0.15, 0.2) is 17.0 Å². The van der Waals surface area contributed by atoms with Gasteiger partial charge in [-0.1, -0.05) is 6.92 Å². The summed E-state index contributed by atoms with van der Waals surface area (Å²) in [5.41, 5.74) is 3.25. The van der Waals surface area contributed by atoms with Crippen LogP contribution >= 0.6 is 11.8 Å². The fourth-order valence-corrected chi connectivity index (χ4v) is 2.40. The van der Waals surface area contributed by atoms with Gasteiger partial charge in [-0.05, 0) is 43.4 Å². The summed E-state index contributed by atoms with van der Waals surface area (Å²) in [6.07, 6.45) is 2.65. The topological polar surface area (TPSA) is 17.1 Å². The molecule has 0 saturated carbocycles. The largest absolute Gasteiger partial charge is 0.294 e. The Morgan fingerprint density at radius 2 is 1.79 bits per heavy atom. The van der Waals surface area contributed by atoms with Gasteiger partial charge in [0.25, 0.3) is 0 Å². The van der Waals surface area contributed by atoms with E-state index in [9.17, 15) is 4.79 Å². The van der Waals surface area contributed by atoms with E-state index in [1.807, 2.05) is 19.1 Å². The van der Waals surface area contributed by atoms with Crippen molar-refractivity contribution in [3.8, 4) is 0 Å². The number of hydrogen-bond donors (Lipinski definition) is 0. The summed E-state index contributed by atoms with van der Waals surface area (Å²) in [5.74, 6) is 0.226. The summed E-state index contributed by atoms with van der Waals surface area (Å²) in [6, 6.07) is 3.98. The van der Waals surface area contributed by atoms with E-state index < -0.39 is 0 Å². The second kappa shape index (κ2) is 4.65. The Bertz CT molecular complexity index is 332. The highest BCUT2D eigenvalue weighted by Crippen LogP contribution is 2.25. The van der Waals surface area contributed by atoms with Gasteiger partial charge < -0.3 is 0 Å². The highest BCUT2D eigenvalue weighted by molar-refractivity contribution is 7.98. The maximum Gasteiger partial charge on any atom is 0.162 e. The van der Waals surface area contributed by atoms with Gasteiger partial charge in [0.2, 0.25) is 0 Å². The van der Waals surface area contributed by atoms with Gasteiger partial charge in [-0.15, -0.1) is 11.8 Å². The predicted molar refractivity (Wildman–Crippen MR) is 62.3 cm³/mol. The summed E-state index contributed by atoms with van der Waals surface area (Å²) >= 11 is 1.74. The molecule has 0 fully saturated rings. The number of carbonyl (C=O) groups excluding carboxylic acids is 1. The lowest BCUT2D eigenvalue weighted by molar-refractivity contribution is 0.0988. The van der Waals surface area contributed by atoms with Crippen molar-refractivity contribution in [2.45, 2.75) is 32.1 Å². The van der Waals surface area contributed by atoms with E-state index in [0.717, 1.165) is 5.56 Å². The van der Waals surface area contributed by atoms with Crippen LogP contribution in [-0.4, -0.2) is 12.0 Å². The minimum atomic E-state index is 0.226. The quantitative estimate of drug-likeness (QED) is 0.557. The zero-order chi connectivity index (χ0) is 10.7. The van der Waals surface area contributed by atoms with Gasteiger partial charge in [0.05, 0.1) is 0 Å². The molecule has 1 rings (SSSR count). The van der Waals surface area contributed by atoms with Crippen LogP contribution in [-0.2, 0) is 0 Å². The minimum Gasteiger partial charge on any atom is -0.294 e. The van der Waals surface area contributed by atoms with Crippen molar-refractivity contribution in [3.63, 3.8) is 0 Å². The highest BCUT2D eigenvalue weighted by atomic mass is 32.2. The average Bonchev–Trinajstić information content (AvgIpc) is 2.16. The molecule has 0 aliphatic rings. The Labute approximate surface area is 89.9 Å². The summed E-state index contributed by atoms with van der Waals surface area (Å²) in [5, 5.41) is 0. The summed E-state index contributed by atoms with van der Waals surface area (Å²) in [6.45, 7) is 6.02. The molecule has 0 spiro atoms. The first-order valence-corrected chi connectivity index (χ1v) is 6.01. The number of carbonyl (C=O) groups is 1. The first-order valence-electron chi connectivity index (χ1n) is 4.78. The Hall–Kier alpha value is -0.760. The van der Waals surface area contributed by atoms with Crippen molar-refractivity contribution in [1.82, 2.24) is 0 Å². The maximum absolute atomic E-state index is 11.5. The number of aryl methyl sites for hydroxylation is 2. The second-order valence-corrected chi connectivity index (χ2v) is 4.24. The zero-order valence-corrected chi connectivity index (χ0v) is 9.99.